The van der Waals surface area contributed by atoms with Crippen LogP contribution < -0.4 is 14.8 Å². The lowest BCUT2D eigenvalue weighted by Gasteiger charge is -2.21. The molecule has 0 aliphatic carbocycles. The molecule has 0 fully saturated rings. The number of halogens is 1. The van der Waals surface area contributed by atoms with Gasteiger partial charge in [-0.1, -0.05) is 11.6 Å². The predicted molar refractivity (Wildman–Crippen MR) is 100 cm³/mol. The van der Waals surface area contributed by atoms with Crippen LogP contribution >= 0.6 is 11.6 Å². The summed E-state index contributed by atoms with van der Waals surface area (Å²) in [6.45, 7) is 0.357. The van der Waals surface area contributed by atoms with Gasteiger partial charge >= 0.3 is 5.97 Å². The molecule has 0 saturated heterocycles. The van der Waals surface area contributed by atoms with E-state index in [2.05, 4.69) is 5.32 Å². The monoisotopic (exact) mass is 403 g/mol. The second-order valence-electron chi connectivity index (χ2n) is 6.48. The number of aryl methyl sites for hydroxylation is 1. The zero-order valence-corrected chi connectivity index (χ0v) is 15.7. The van der Waals surface area contributed by atoms with E-state index in [1.807, 2.05) is 6.07 Å². The minimum absolute atomic E-state index is 0.00323. The minimum Gasteiger partial charge on any atom is -0.482 e. The van der Waals surface area contributed by atoms with Crippen LogP contribution in [0, 0.1) is 0 Å². The number of fused-ring (bicyclic) bond motifs is 2. The number of carbonyl (C=O) groups excluding carboxylic acids is 2. The highest BCUT2D eigenvalue weighted by Crippen LogP contribution is 2.32. The predicted octanol–water partition coefficient (Wildman–Crippen LogP) is 3.21. The van der Waals surface area contributed by atoms with Crippen LogP contribution in [0.5, 0.6) is 11.5 Å². The highest BCUT2D eigenvalue weighted by Gasteiger charge is 2.18. The van der Waals surface area contributed by atoms with Crippen LogP contribution in [0.1, 0.15) is 23.1 Å². The van der Waals surface area contributed by atoms with Crippen molar-refractivity contribution in [1.82, 2.24) is 0 Å². The lowest BCUT2D eigenvalue weighted by atomic mass is 10.0. The molecule has 0 bridgehead atoms. The van der Waals surface area contributed by atoms with E-state index >= 15 is 0 Å². The summed E-state index contributed by atoms with van der Waals surface area (Å²) in [5.41, 5.74) is 3.27. The van der Waals surface area contributed by atoms with Crippen LogP contribution in [-0.4, -0.2) is 25.3 Å². The Morgan fingerprint density at radius 2 is 2.07 bits per heavy atom. The molecule has 2 aromatic rings. The molecule has 0 aromatic heterocycles. The van der Waals surface area contributed by atoms with Crippen molar-refractivity contribution in [2.24, 2.45) is 0 Å². The van der Waals surface area contributed by atoms with E-state index in [-0.39, 0.29) is 25.9 Å². The first-order valence-electron chi connectivity index (χ1n) is 8.81. The van der Waals surface area contributed by atoms with Crippen molar-refractivity contribution in [3.8, 4) is 11.5 Å². The van der Waals surface area contributed by atoms with Crippen molar-refractivity contribution in [3.63, 3.8) is 0 Å². The Balaban J connectivity index is 1.33. The Labute approximate surface area is 166 Å². The van der Waals surface area contributed by atoms with E-state index in [1.54, 1.807) is 24.3 Å². The molecule has 2 aliphatic heterocycles. The van der Waals surface area contributed by atoms with Crippen molar-refractivity contribution < 1.29 is 28.5 Å². The van der Waals surface area contributed by atoms with Crippen molar-refractivity contribution in [2.45, 2.75) is 26.1 Å². The third-order valence-electron chi connectivity index (χ3n) is 4.47. The van der Waals surface area contributed by atoms with Crippen LogP contribution in [0.2, 0.25) is 5.02 Å². The number of carbonyl (C=O) groups is 2. The van der Waals surface area contributed by atoms with E-state index in [0.717, 1.165) is 16.8 Å². The molecule has 2 aliphatic rings. The lowest BCUT2D eigenvalue weighted by Crippen LogP contribution is -2.19. The van der Waals surface area contributed by atoms with Crippen LogP contribution in [0.4, 0.5) is 5.69 Å². The first-order chi connectivity index (χ1) is 13.6. The number of esters is 1. The van der Waals surface area contributed by atoms with Crippen molar-refractivity contribution >= 4 is 29.2 Å². The van der Waals surface area contributed by atoms with Gasteiger partial charge in [0.05, 0.1) is 6.61 Å². The largest absolute Gasteiger partial charge is 0.482 e. The number of amides is 1. The average molecular weight is 404 g/mol. The van der Waals surface area contributed by atoms with Gasteiger partial charge in [-0.25, -0.2) is 4.79 Å². The van der Waals surface area contributed by atoms with Crippen molar-refractivity contribution in [2.75, 3.05) is 18.7 Å². The maximum Gasteiger partial charge on any atom is 0.344 e. The number of anilines is 1. The molecule has 0 saturated carbocycles. The summed E-state index contributed by atoms with van der Waals surface area (Å²) >= 11 is 6.10. The molecule has 2 heterocycles. The Morgan fingerprint density at radius 3 is 2.96 bits per heavy atom. The summed E-state index contributed by atoms with van der Waals surface area (Å²) in [6.07, 6.45) is 1.09. The third-order valence-corrected chi connectivity index (χ3v) is 4.69. The van der Waals surface area contributed by atoms with Gasteiger partial charge in [0, 0.05) is 28.3 Å². The van der Waals surface area contributed by atoms with Gasteiger partial charge in [0.1, 0.15) is 18.1 Å². The zero-order chi connectivity index (χ0) is 19.5. The topological polar surface area (TPSA) is 83.1 Å². The molecule has 7 nitrogen and oxygen atoms in total. The molecule has 4 rings (SSSR count). The molecule has 8 heteroatoms. The molecule has 28 heavy (non-hydrogen) atoms. The molecule has 2 aromatic carbocycles. The lowest BCUT2D eigenvalue weighted by molar-refractivity contribution is -0.147. The molecule has 0 atom stereocenters. The summed E-state index contributed by atoms with van der Waals surface area (Å²) in [5, 5.41) is 3.33. The Hall–Kier alpha value is -2.77. The second kappa shape index (κ2) is 8.08. The summed E-state index contributed by atoms with van der Waals surface area (Å²) in [5.74, 6) is 0.684. The van der Waals surface area contributed by atoms with Gasteiger partial charge in [0.2, 0.25) is 5.91 Å². The summed E-state index contributed by atoms with van der Waals surface area (Å²) in [7, 11) is 0. The smallest absolute Gasteiger partial charge is 0.344 e. The fourth-order valence-corrected chi connectivity index (χ4v) is 3.42. The highest BCUT2D eigenvalue weighted by atomic mass is 35.5. The van der Waals surface area contributed by atoms with Gasteiger partial charge in [0.25, 0.3) is 0 Å². The van der Waals surface area contributed by atoms with Gasteiger partial charge in [0.15, 0.2) is 13.4 Å². The highest BCUT2D eigenvalue weighted by molar-refractivity contribution is 6.30. The van der Waals surface area contributed by atoms with Crippen LogP contribution in [-0.2, 0) is 38.7 Å². The first-order valence-corrected chi connectivity index (χ1v) is 9.19. The second-order valence-corrected chi connectivity index (χ2v) is 6.92. The van der Waals surface area contributed by atoms with E-state index in [4.69, 9.17) is 30.5 Å². The molecule has 1 amide bonds. The first kappa shape index (κ1) is 18.6. The van der Waals surface area contributed by atoms with Crippen molar-refractivity contribution in [3.05, 3.63) is 52.0 Å². The summed E-state index contributed by atoms with van der Waals surface area (Å²) in [4.78, 5) is 23.5. The maximum atomic E-state index is 12.1. The fraction of sp³-hybridized carbons (Fsp3) is 0.300. The van der Waals surface area contributed by atoms with E-state index in [1.165, 1.54) is 0 Å². The zero-order valence-electron chi connectivity index (χ0n) is 15.0. The van der Waals surface area contributed by atoms with Crippen LogP contribution in [0.25, 0.3) is 0 Å². The van der Waals surface area contributed by atoms with E-state index in [9.17, 15) is 9.59 Å². The quantitative estimate of drug-likeness (QED) is 0.772. The Bertz CT molecular complexity index is 929. The molecule has 1 N–H and O–H groups in total. The van der Waals surface area contributed by atoms with Crippen LogP contribution in [0.3, 0.4) is 0 Å². The molecule has 0 spiro atoms. The molecule has 0 radical (unpaired) electrons. The third kappa shape index (κ3) is 4.21. The van der Waals surface area contributed by atoms with Gasteiger partial charge < -0.3 is 24.3 Å². The number of hydrogen-bond donors (Lipinski definition) is 1. The van der Waals surface area contributed by atoms with Crippen LogP contribution in [0.15, 0.2) is 30.3 Å². The average Bonchev–Trinajstić information content (AvgIpc) is 2.70. The minimum atomic E-state index is -0.508. The van der Waals surface area contributed by atoms with Gasteiger partial charge in [-0.05, 0) is 42.3 Å². The van der Waals surface area contributed by atoms with Crippen molar-refractivity contribution in [1.29, 1.82) is 0 Å². The SMILES string of the molecule is O=C1CCc2cc(OCC(=O)OCc3cc(Cl)cc4c3OCOC4)ccc2N1. The van der Waals surface area contributed by atoms with Gasteiger partial charge in [-0.2, -0.15) is 0 Å². The number of hydrogen-bond acceptors (Lipinski definition) is 6. The van der Waals surface area contributed by atoms with Gasteiger partial charge in [-0.3, -0.25) is 4.79 Å². The fourth-order valence-electron chi connectivity index (χ4n) is 3.16. The molecule has 146 valence electrons. The Kier molecular flexibility index (Phi) is 5.36. The van der Waals surface area contributed by atoms with E-state index < -0.39 is 5.97 Å². The number of ether oxygens (including phenoxy) is 4. The Morgan fingerprint density at radius 1 is 1.18 bits per heavy atom. The standard InChI is InChI=1S/C20H18ClNO6/c21-15-5-13-8-25-11-28-20(13)14(6-15)9-27-19(24)10-26-16-2-3-17-12(7-16)1-4-18(23)22-17/h2-3,5-7H,1,4,8-11H2,(H,22,23). The number of benzene rings is 2. The number of nitrogens with one attached hydrogen (secondary N) is 1. The molecule has 0 unspecified atom stereocenters. The number of rotatable bonds is 5. The van der Waals surface area contributed by atoms with Gasteiger partial charge in [-0.15, -0.1) is 0 Å². The maximum absolute atomic E-state index is 12.1. The molecular weight excluding hydrogens is 386 g/mol. The molecular formula is C20H18ClNO6. The summed E-state index contributed by atoms with van der Waals surface area (Å²) in [6, 6.07) is 8.77. The van der Waals surface area contributed by atoms with E-state index in [0.29, 0.717) is 41.5 Å². The summed E-state index contributed by atoms with van der Waals surface area (Å²) < 4.78 is 21.5. The normalized spacial score (nSPS) is 15.0.